The summed E-state index contributed by atoms with van der Waals surface area (Å²) in [5.74, 6) is 0. The van der Waals surface area contributed by atoms with Gasteiger partial charge in [0.1, 0.15) is 0 Å². The standard InChI is InChI=1S/C16H21NO.W/c1-18-13-12-16(14-8-4-2-5-9-14)17-15-10-6-3-7-11-15;/h2,4-5,8-9,12,15,17H,3,6-7,10-11H2,1H3;/b16-12+;. The third-order valence-electron chi connectivity index (χ3n) is 3.51. The molecule has 0 aliphatic heterocycles. The van der Waals surface area contributed by atoms with Gasteiger partial charge in [-0.25, -0.2) is 0 Å². The molecule has 1 aliphatic carbocycles. The van der Waals surface area contributed by atoms with Crippen LogP contribution in [0.4, 0.5) is 0 Å². The summed E-state index contributed by atoms with van der Waals surface area (Å²) in [4.78, 5) is 0. The summed E-state index contributed by atoms with van der Waals surface area (Å²) in [7, 11) is 1.74. The molecule has 102 valence electrons. The Balaban J connectivity index is 2.14. The average Bonchev–Trinajstić information content (AvgIpc) is 2.48. The maximum absolute atomic E-state index is 5.33. The van der Waals surface area contributed by atoms with Crippen molar-refractivity contribution < 1.29 is 24.1 Å². The third kappa shape index (κ3) is 4.71. The topological polar surface area (TPSA) is 21.3 Å². The predicted octanol–water partition coefficient (Wildman–Crippen LogP) is 3.27. The first-order valence-corrected chi connectivity index (χ1v) is 8.38. The van der Waals surface area contributed by atoms with Crippen molar-refractivity contribution in [2.24, 2.45) is 0 Å². The van der Waals surface area contributed by atoms with Gasteiger partial charge in [0.15, 0.2) is 0 Å². The Kier molecular flexibility index (Phi) is 6.00. The van der Waals surface area contributed by atoms with Gasteiger partial charge < -0.3 is 0 Å². The summed E-state index contributed by atoms with van der Waals surface area (Å²) in [6, 6.07) is 11.1. The van der Waals surface area contributed by atoms with Crippen LogP contribution in [0.2, 0.25) is 0 Å². The SMILES string of the molecule is CO[C](=[W])/C=C(/NC1CCCCC1)c1ccccc1. The zero-order chi connectivity index (χ0) is 13.5. The molecule has 0 aromatic heterocycles. The van der Waals surface area contributed by atoms with Gasteiger partial charge in [-0.2, -0.15) is 0 Å². The fraction of sp³-hybridized carbons (Fsp3) is 0.438. The van der Waals surface area contributed by atoms with Crippen LogP contribution in [-0.2, 0) is 24.1 Å². The van der Waals surface area contributed by atoms with Crippen LogP contribution >= 0.6 is 0 Å². The Labute approximate surface area is 126 Å². The number of benzene rings is 1. The van der Waals surface area contributed by atoms with Crippen LogP contribution in [0, 0.1) is 0 Å². The molecule has 2 nitrogen and oxygen atoms in total. The van der Waals surface area contributed by atoms with Crippen molar-refractivity contribution in [2.45, 2.75) is 38.1 Å². The van der Waals surface area contributed by atoms with E-state index in [9.17, 15) is 0 Å². The van der Waals surface area contributed by atoms with E-state index in [2.05, 4.69) is 41.7 Å². The first kappa shape index (κ1) is 14.7. The van der Waals surface area contributed by atoms with Crippen molar-refractivity contribution in [3.63, 3.8) is 0 Å². The molecule has 1 aromatic carbocycles. The van der Waals surface area contributed by atoms with E-state index in [4.69, 9.17) is 4.74 Å². The number of hydrogen-bond donors (Lipinski definition) is 1. The van der Waals surface area contributed by atoms with Gasteiger partial charge in [0, 0.05) is 0 Å². The van der Waals surface area contributed by atoms with Crippen molar-refractivity contribution in [1.29, 1.82) is 0 Å². The Morgan fingerprint density at radius 2 is 1.89 bits per heavy atom. The van der Waals surface area contributed by atoms with Crippen LogP contribution in [0.25, 0.3) is 5.70 Å². The van der Waals surface area contributed by atoms with Crippen LogP contribution < -0.4 is 5.32 Å². The molecule has 1 aromatic rings. The molecule has 0 bridgehead atoms. The molecule has 3 heteroatoms. The molecule has 0 atom stereocenters. The summed E-state index contributed by atoms with van der Waals surface area (Å²) < 4.78 is 6.34. The van der Waals surface area contributed by atoms with Gasteiger partial charge in [-0.1, -0.05) is 0 Å². The van der Waals surface area contributed by atoms with Gasteiger partial charge in [0.2, 0.25) is 0 Å². The number of hydrogen-bond acceptors (Lipinski definition) is 2. The number of rotatable bonds is 5. The second kappa shape index (κ2) is 7.77. The minimum atomic E-state index is 0.611. The van der Waals surface area contributed by atoms with Crippen molar-refractivity contribution in [3.8, 4) is 0 Å². The molecule has 0 amide bonds. The van der Waals surface area contributed by atoms with Gasteiger partial charge in [0.05, 0.1) is 0 Å². The summed E-state index contributed by atoms with van der Waals surface area (Å²) in [5.41, 5.74) is 2.43. The van der Waals surface area contributed by atoms with Gasteiger partial charge >= 0.3 is 126 Å². The molecule has 0 heterocycles. The van der Waals surface area contributed by atoms with Crippen LogP contribution in [0.5, 0.6) is 0 Å². The molecule has 1 aliphatic rings. The van der Waals surface area contributed by atoms with Gasteiger partial charge in [-0.15, -0.1) is 0 Å². The van der Waals surface area contributed by atoms with E-state index in [1.165, 1.54) is 62.7 Å². The first-order valence-electron chi connectivity index (χ1n) is 6.91. The van der Waals surface area contributed by atoms with Crippen molar-refractivity contribution in [2.75, 3.05) is 7.11 Å². The summed E-state index contributed by atoms with van der Waals surface area (Å²) in [6.45, 7) is 0. The zero-order valence-corrected chi connectivity index (χ0v) is 14.3. The monoisotopic (exact) mass is 427 g/mol. The molecule has 0 unspecified atom stereocenters. The molecule has 2 rings (SSSR count). The van der Waals surface area contributed by atoms with E-state index in [1.54, 1.807) is 7.11 Å². The second-order valence-electron chi connectivity index (χ2n) is 4.93. The quantitative estimate of drug-likeness (QED) is 0.779. The Bertz CT molecular complexity index is 435. The van der Waals surface area contributed by atoms with Crippen molar-refractivity contribution >= 4 is 9.78 Å². The summed E-state index contributed by atoms with van der Waals surface area (Å²) in [6.07, 6.45) is 8.78. The molecule has 1 N–H and O–H groups in total. The first-order chi connectivity index (χ1) is 9.29. The fourth-order valence-corrected chi connectivity index (χ4v) is 2.89. The van der Waals surface area contributed by atoms with Crippen LogP contribution in [0.3, 0.4) is 0 Å². The van der Waals surface area contributed by atoms with E-state index >= 15 is 0 Å². The number of nitrogens with one attached hydrogen (secondary N) is 1. The van der Waals surface area contributed by atoms with Crippen LogP contribution in [0.15, 0.2) is 36.4 Å². The van der Waals surface area contributed by atoms with Gasteiger partial charge in [-0.3, -0.25) is 0 Å². The zero-order valence-electron chi connectivity index (χ0n) is 11.4. The average molecular weight is 427 g/mol. The van der Waals surface area contributed by atoms with E-state index in [-0.39, 0.29) is 0 Å². The molecule has 0 spiro atoms. The third-order valence-corrected chi connectivity index (χ3v) is 4.54. The molecule has 0 radical (unpaired) electrons. The fourth-order valence-electron chi connectivity index (χ4n) is 2.47. The van der Waals surface area contributed by atoms with Crippen molar-refractivity contribution in [3.05, 3.63) is 42.0 Å². The van der Waals surface area contributed by atoms with Crippen LogP contribution in [-0.4, -0.2) is 17.2 Å². The van der Waals surface area contributed by atoms with Gasteiger partial charge in [-0.05, 0) is 0 Å². The summed E-state index contributed by atoms with van der Waals surface area (Å²) >= 11 is 1.36. The van der Waals surface area contributed by atoms with E-state index in [1.807, 2.05) is 0 Å². The second-order valence-corrected chi connectivity index (χ2v) is 6.37. The number of ether oxygens (including phenoxy) is 1. The Morgan fingerprint density at radius 3 is 2.53 bits per heavy atom. The van der Waals surface area contributed by atoms with Crippen LogP contribution in [0.1, 0.15) is 37.7 Å². The van der Waals surface area contributed by atoms with E-state index < -0.39 is 0 Å². The molecular formula is C16H21NOW. The molecule has 0 saturated heterocycles. The Hall–Kier alpha value is -0.722. The summed E-state index contributed by atoms with van der Waals surface area (Å²) in [5, 5.41) is 3.71. The minimum absolute atomic E-state index is 0.611. The molecule has 1 fully saturated rings. The van der Waals surface area contributed by atoms with Gasteiger partial charge in [0.25, 0.3) is 0 Å². The molecule has 1 saturated carbocycles. The normalized spacial score (nSPS) is 17.2. The van der Waals surface area contributed by atoms with Crippen molar-refractivity contribution in [1.82, 2.24) is 5.32 Å². The maximum atomic E-state index is 5.33. The van der Waals surface area contributed by atoms with E-state index in [0.717, 1.165) is 4.08 Å². The molecular weight excluding hydrogens is 406 g/mol. The number of methoxy groups -OCH3 is 1. The molecule has 19 heavy (non-hydrogen) atoms. The Morgan fingerprint density at radius 1 is 1.21 bits per heavy atom. The van der Waals surface area contributed by atoms with E-state index in [0.29, 0.717) is 6.04 Å². The predicted molar refractivity (Wildman–Crippen MR) is 76.4 cm³/mol.